The van der Waals surface area contributed by atoms with E-state index in [2.05, 4.69) is 10.6 Å². The van der Waals surface area contributed by atoms with Crippen molar-refractivity contribution in [3.05, 3.63) is 24.3 Å². The summed E-state index contributed by atoms with van der Waals surface area (Å²) in [7, 11) is 1.53. The van der Waals surface area contributed by atoms with E-state index in [0.29, 0.717) is 11.4 Å². The van der Waals surface area contributed by atoms with Crippen LogP contribution in [0.3, 0.4) is 0 Å². The number of nitrogens with one attached hydrogen (secondary N) is 2. The van der Waals surface area contributed by atoms with Gasteiger partial charge in [0.25, 0.3) is 0 Å². The SMILES string of the molecule is COc1ccccc1NC(=O)C(C)(C)C(=O)NC(C)C. The molecule has 5 heteroatoms. The van der Waals surface area contributed by atoms with Gasteiger partial charge in [-0.05, 0) is 39.8 Å². The summed E-state index contributed by atoms with van der Waals surface area (Å²) >= 11 is 0. The van der Waals surface area contributed by atoms with E-state index in [1.807, 2.05) is 19.9 Å². The molecular weight excluding hydrogens is 256 g/mol. The average molecular weight is 278 g/mol. The maximum absolute atomic E-state index is 12.3. The summed E-state index contributed by atoms with van der Waals surface area (Å²) in [5.74, 6) is -0.124. The molecule has 0 aliphatic carbocycles. The number of amides is 2. The molecule has 0 bridgehead atoms. The molecular formula is C15H22N2O3. The molecule has 0 unspecified atom stereocenters. The second kappa shape index (κ2) is 6.41. The third-order valence-corrected chi connectivity index (χ3v) is 2.91. The Morgan fingerprint density at radius 3 is 2.30 bits per heavy atom. The number of carbonyl (C=O) groups excluding carboxylic acids is 2. The maximum Gasteiger partial charge on any atom is 0.239 e. The van der Waals surface area contributed by atoms with Crippen LogP contribution < -0.4 is 15.4 Å². The van der Waals surface area contributed by atoms with Crippen molar-refractivity contribution in [2.24, 2.45) is 5.41 Å². The van der Waals surface area contributed by atoms with Gasteiger partial charge in [-0.1, -0.05) is 12.1 Å². The molecule has 1 aromatic carbocycles. The van der Waals surface area contributed by atoms with Gasteiger partial charge in [-0.15, -0.1) is 0 Å². The molecule has 0 saturated heterocycles. The third kappa shape index (κ3) is 3.73. The molecule has 5 nitrogen and oxygen atoms in total. The van der Waals surface area contributed by atoms with Gasteiger partial charge in [0, 0.05) is 6.04 Å². The normalized spacial score (nSPS) is 11.1. The van der Waals surface area contributed by atoms with Gasteiger partial charge in [0.1, 0.15) is 11.2 Å². The van der Waals surface area contributed by atoms with Gasteiger partial charge in [0.2, 0.25) is 11.8 Å². The highest BCUT2D eigenvalue weighted by Crippen LogP contribution is 2.26. The molecule has 2 N–H and O–H groups in total. The Balaban J connectivity index is 2.86. The Bertz CT molecular complexity index is 496. The van der Waals surface area contributed by atoms with Crippen LogP contribution in [0.15, 0.2) is 24.3 Å². The van der Waals surface area contributed by atoms with Crippen molar-refractivity contribution in [2.75, 3.05) is 12.4 Å². The van der Waals surface area contributed by atoms with E-state index in [-0.39, 0.29) is 17.9 Å². The molecule has 0 aliphatic heterocycles. The standard InChI is InChI=1S/C15H22N2O3/c1-10(2)16-13(18)15(3,4)14(19)17-11-8-6-7-9-12(11)20-5/h6-10H,1-5H3,(H,16,18)(H,17,19). The van der Waals surface area contributed by atoms with Crippen LogP contribution in [0.1, 0.15) is 27.7 Å². The number of hydrogen-bond acceptors (Lipinski definition) is 3. The molecule has 20 heavy (non-hydrogen) atoms. The van der Waals surface area contributed by atoms with Crippen molar-refractivity contribution in [1.29, 1.82) is 0 Å². The lowest BCUT2D eigenvalue weighted by Crippen LogP contribution is -2.47. The number of methoxy groups -OCH3 is 1. The highest BCUT2D eigenvalue weighted by atomic mass is 16.5. The fourth-order valence-electron chi connectivity index (χ4n) is 1.57. The second-order valence-corrected chi connectivity index (χ2v) is 5.41. The van der Waals surface area contributed by atoms with Crippen LogP contribution in [0.4, 0.5) is 5.69 Å². The number of para-hydroxylation sites is 2. The van der Waals surface area contributed by atoms with Gasteiger partial charge in [0.05, 0.1) is 12.8 Å². The van der Waals surface area contributed by atoms with E-state index in [0.717, 1.165) is 0 Å². The summed E-state index contributed by atoms with van der Waals surface area (Å²) in [6.07, 6.45) is 0. The first-order chi connectivity index (χ1) is 9.28. The molecule has 2 amide bonds. The summed E-state index contributed by atoms with van der Waals surface area (Å²) in [6, 6.07) is 7.06. The van der Waals surface area contributed by atoms with Gasteiger partial charge in [-0.25, -0.2) is 0 Å². The predicted octanol–water partition coefficient (Wildman–Crippen LogP) is 2.18. The molecule has 0 atom stereocenters. The van der Waals surface area contributed by atoms with Gasteiger partial charge in [-0.2, -0.15) is 0 Å². The summed E-state index contributed by atoms with van der Waals surface area (Å²) in [5, 5.41) is 5.48. The molecule has 110 valence electrons. The number of benzene rings is 1. The fraction of sp³-hybridized carbons (Fsp3) is 0.467. The van der Waals surface area contributed by atoms with Crippen molar-refractivity contribution in [3.63, 3.8) is 0 Å². The second-order valence-electron chi connectivity index (χ2n) is 5.41. The van der Waals surface area contributed by atoms with Crippen LogP contribution in [0, 0.1) is 5.41 Å². The van der Waals surface area contributed by atoms with E-state index in [1.165, 1.54) is 7.11 Å². The first kappa shape index (κ1) is 16.0. The van der Waals surface area contributed by atoms with Gasteiger partial charge < -0.3 is 15.4 Å². The summed E-state index contributed by atoms with van der Waals surface area (Å²) < 4.78 is 5.17. The number of hydrogen-bond donors (Lipinski definition) is 2. The zero-order chi connectivity index (χ0) is 15.3. The first-order valence-corrected chi connectivity index (χ1v) is 6.54. The first-order valence-electron chi connectivity index (χ1n) is 6.54. The Kier molecular flexibility index (Phi) is 5.13. The van der Waals surface area contributed by atoms with Crippen LogP contribution in [0.2, 0.25) is 0 Å². The smallest absolute Gasteiger partial charge is 0.239 e. The third-order valence-electron chi connectivity index (χ3n) is 2.91. The zero-order valence-electron chi connectivity index (χ0n) is 12.6. The van der Waals surface area contributed by atoms with Crippen LogP contribution in [0.25, 0.3) is 0 Å². The molecule has 0 spiro atoms. The maximum atomic E-state index is 12.3. The van der Waals surface area contributed by atoms with Gasteiger partial charge >= 0.3 is 0 Å². The number of ether oxygens (including phenoxy) is 1. The van der Waals surface area contributed by atoms with Gasteiger partial charge in [0.15, 0.2) is 0 Å². The van der Waals surface area contributed by atoms with Crippen molar-refractivity contribution in [3.8, 4) is 5.75 Å². The number of carbonyl (C=O) groups is 2. The minimum absolute atomic E-state index is 0.0131. The van der Waals surface area contributed by atoms with Crippen LogP contribution in [0.5, 0.6) is 5.75 Å². The number of rotatable bonds is 5. The molecule has 0 fully saturated rings. The van der Waals surface area contributed by atoms with Crippen LogP contribution in [-0.4, -0.2) is 25.0 Å². The Labute approximate surface area is 119 Å². The lowest BCUT2D eigenvalue weighted by Gasteiger charge is -2.24. The van der Waals surface area contributed by atoms with Crippen LogP contribution in [-0.2, 0) is 9.59 Å². The topological polar surface area (TPSA) is 67.4 Å². The molecule has 0 aliphatic rings. The molecule has 0 aromatic heterocycles. The Morgan fingerprint density at radius 2 is 1.75 bits per heavy atom. The Hall–Kier alpha value is -2.04. The molecule has 0 heterocycles. The largest absolute Gasteiger partial charge is 0.495 e. The summed E-state index contributed by atoms with van der Waals surface area (Å²) in [4.78, 5) is 24.4. The number of anilines is 1. The monoisotopic (exact) mass is 278 g/mol. The zero-order valence-corrected chi connectivity index (χ0v) is 12.6. The molecule has 0 radical (unpaired) electrons. The fourth-order valence-corrected chi connectivity index (χ4v) is 1.57. The molecule has 0 saturated carbocycles. The van der Waals surface area contributed by atoms with E-state index in [4.69, 9.17) is 4.74 Å². The highest BCUT2D eigenvalue weighted by Gasteiger charge is 2.36. The average Bonchev–Trinajstić information content (AvgIpc) is 2.38. The predicted molar refractivity (Wildman–Crippen MR) is 78.7 cm³/mol. The van der Waals surface area contributed by atoms with E-state index in [9.17, 15) is 9.59 Å². The highest BCUT2D eigenvalue weighted by molar-refractivity contribution is 6.10. The van der Waals surface area contributed by atoms with E-state index >= 15 is 0 Å². The minimum atomic E-state index is -1.16. The lowest BCUT2D eigenvalue weighted by atomic mass is 9.90. The Morgan fingerprint density at radius 1 is 1.15 bits per heavy atom. The summed E-state index contributed by atoms with van der Waals surface area (Å²) in [5.41, 5.74) is -0.615. The van der Waals surface area contributed by atoms with Crippen molar-refractivity contribution >= 4 is 17.5 Å². The van der Waals surface area contributed by atoms with E-state index in [1.54, 1.807) is 32.0 Å². The quantitative estimate of drug-likeness (QED) is 0.811. The van der Waals surface area contributed by atoms with Crippen LogP contribution >= 0.6 is 0 Å². The van der Waals surface area contributed by atoms with Gasteiger partial charge in [-0.3, -0.25) is 9.59 Å². The molecule has 1 rings (SSSR count). The van der Waals surface area contributed by atoms with Crippen molar-refractivity contribution < 1.29 is 14.3 Å². The molecule has 1 aromatic rings. The lowest BCUT2D eigenvalue weighted by molar-refractivity contribution is -0.138. The van der Waals surface area contributed by atoms with E-state index < -0.39 is 5.41 Å². The summed E-state index contributed by atoms with van der Waals surface area (Å²) in [6.45, 7) is 6.89. The minimum Gasteiger partial charge on any atom is -0.495 e. The van der Waals surface area contributed by atoms with Crippen molar-refractivity contribution in [1.82, 2.24) is 5.32 Å². The van der Waals surface area contributed by atoms with Crippen molar-refractivity contribution in [2.45, 2.75) is 33.7 Å².